The van der Waals surface area contributed by atoms with Gasteiger partial charge in [0.2, 0.25) is 0 Å². The highest BCUT2D eigenvalue weighted by atomic mass is 19.1. The molecule has 0 unspecified atom stereocenters. The monoisotopic (exact) mass is 243 g/mol. The highest BCUT2D eigenvalue weighted by molar-refractivity contribution is 5.77. The predicted molar refractivity (Wildman–Crippen MR) is 69.8 cm³/mol. The normalized spacial score (nSPS) is 10.1. The maximum atomic E-state index is 13.4. The van der Waals surface area contributed by atoms with Crippen LogP contribution in [0.4, 0.5) is 4.39 Å². The van der Waals surface area contributed by atoms with Gasteiger partial charge in [0.15, 0.2) is 0 Å². The first-order valence-corrected chi connectivity index (χ1v) is 5.67. The fourth-order valence-electron chi connectivity index (χ4n) is 1.57. The molecule has 0 amide bonds. The van der Waals surface area contributed by atoms with E-state index < -0.39 is 5.82 Å². The number of benzene rings is 2. The number of hydrogen-bond donors (Lipinski definition) is 1. The molecule has 0 aliphatic heterocycles. The van der Waals surface area contributed by atoms with Crippen molar-refractivity contribution in [2.24, 2.45) is 0 Å². The second kappa shape index (κ2) is 5.45. The summed E-state index contributed by atoms with van der Waals surface area (Å²) in [7, 11) is 0. The molecule has 2 aromatic rings. The Morgan fingerprint density at radius 1 is 1.17 bits per heavy atom. The number of nitrogens with one attached hydrogen (secondary N) is 1. The fraction of sp³-hybridized carbons (Fsp3) is 0.133. The Morgan fingerprint density at radius 2 is 1.89 bits per heavy atom. The predicted octanol–water partition coefficient (Wildman–Crippen LogP) is 3.71. The van der Waals surface area contributed by atoms with E-state index >= 15 is 0 Å². The standard InChI is InChI=1S/C15H14FNO/c1-11-2-4-12(5-3-11)10-18-14-7-6-13(9-17)15(16)8-14/h2-9,17H,10H2,1H3. The number of rotatable bonds is 4. The van der Waals surface area contributed by atoms with Crippen LogP contribution in [0.15, 0.2) is 42.5 Å². The molecule has 0 saturated heterocycles. The third kappa shape index (κ3) is 2.94. The number of halogens is 1. The van der Waals surface area contributed by atoms with E-state index in [1.165, 1.54) is 17.7 Å². The summed E-state index contributed by atoms with van der Waals surface area (Å²) in [4.78, 5) is 0. The average molecular weight is 243 g/mol. The van der Waals surface area contributed by atoms with E-state index in [0.29, 0.717) is 12.4 Å². The van der Waals surface area contributed by atoms with Crippen LogP contribution in [0.25, 0.3) is 0 Å². The Labute approximate surface area is 106 Å². The van der Waals surface area contributed by atoms with Gasteiger partial charge in [-0.05, 0) is 24.6 Å². The second-order valence-electron chi connectivity index (χ2n) is 4.10. The molecule has 18 heavy (non-hydrogen) atoms. The molecule has 0 aliphatic rings. The Bertz CT molecular complexity index is 549. The van der Waals surface area contributed by atoms with Gasteiger partial charge in [0.1, 0.15) is 18.2 Å². The molecule has 0 atom stereocenters. The van der Waals surface area contributed by atoms with E-state index in [2.05, 4.69) is 0 Å². The summed E-state index contributed by atoms with van der Waals surface area (Å²) in [6.45, 7) is 2.43. The molecule has 0 spiro atoms. The maximum absolute atomic E-state index is 13.4. The third-order valence-corrected chi connectivity index (χ3v) is 2.65. The van der Waals surface area contributed by atoms with Crippen LogP contribution < -0.4 is 4.74 Å². The molecule has 92 valence electrons. The van der Waals surface area contributed by atoms with Gasteiger partial charge in [-0.25, -0.2) is 4.39 Å². The van der Waals surface area contributed by atoms with Crippen LogP contribution in [0.2, 0.25) is 0 Å². The minimum Gasteiger partial charge on any atom is -0.489 e. The molecule has 0 bridgehead atoms. The van der Waals surface area contributed by atoms with Gasteiger partial charge in [0, 0.05) is 17.8 Å². The first-order chi connectivity index (χ1) is 8.69. The Hall–Kier alpha value is -2.16. The minimum atomic E-state index is -0.439. The maximum Gasteiger partial charge on any atom is 0.135 e. The highest BCUT2D eigenvalue weighted by Crippen LogP contribution is 2.17. The summed E-state index contributed by atoms with van der Waals surface area (Å²) < 4.78 is 18.9. The van der Waals surface area contributed by atoms with E-state index in [4.69, 9.17) is 10.1 Å². The van der Waals surface area contributed by atoms with Crippen molar-refractivity contribution in [3.63, 3.8) is 0 Å². The van der Waals surface area contributed by atoms with E-state index in [1.54, 1.807) is 6.07 Å². The quantitative estimate of drug-likeness (QED) is 0.816. The molecule has 1 N–H and O–H groups in total. The van der Waals surface area contributed by atoms with Crippen molar-refractivity contribution in [3.8, 4) is 5.75 Å². The lowest BCUT2D eigenvalue weighted by Crippen LogP contribution is -1.97. The smallest absolute Gasteiger partial charge is 0.135 e. The summed E-state index contributed by atoms with van der Waals surface area (Å²) in [5.74, 6) is 0.0325. The summed E-state index contributed by atoms with van der Waals surface area (Å²) in [5, 5.41) is 7.01. The van der Waals surface area contributed by atoms with Gasteiger partial charge in [-0.3, -0.25) is 0 Å². The first-order valence-electron chi connectivity index (χ1n) is 5.67. The second-order valence-corrected chi connectivity index (χ2v) is 4.10. The van der Waals surface area contributed by atoms with Crippen LogP contribution in [0.3, 0.4) is 0 Å². The van der Waals surface area contributed by atoms with Crippen LogP contribution in [-0.4, -0.2) is 6.21 Å². The SMILES string of the molecule is Cc1ccc(COc2ccc(C=N)c(F)c2)cc1. The van der Waals surface area contributed by atoms with Crippen LogP contribution in [0, 0.1) is 18.2 Å². The van der Waals surface area contributed by atoms with Gasteiger partial charge in [-0.15, -0.1) is 0 Å². The van der Waals surface area contributed by atoms with Crippen molar-refractivity contribution < 1.29 is 9.13 Å². The van der Waals surface area contributed by atoms with Gasteiger partial charge in [-0.1, -0.05) is 29.8 Å². The van der Waals surface area contributed by atoms with Gasteiger partial charge in [0.25, 0.3) is 0 Å². The molecule has 0 fully saturated rings. The summed E-state index contributed by atoms with van der Waals surface area (Å²) >= 11 is 0. The van der Waals surface area contributed by atoms with Crippen LogP contribution in [0.1, 0.15) is 16.7 Å². The topological polar surface area (TPSA) is 33.1 Å². The molecular formula is C15H14FNO. The largest absolute Gasteiger partial charge is 0.489 e. The van der Waals surface area contributed by atoms with Crippen molar-refractivity contribution in [3.05, 3.63) is 65.0 Å². The van der Waals surface area contributed by atoms with Crippen LogP contribution in [-0.2, 0) is 6.61 Å². The highest BCUT2D eigenvalue weighted by Gasteiger charge is 2.02. The molecule has 2 rings (SSSR count). The lowest BCUT2D eigenvalue weighted by Gasteiger charge is -2.07. The molecular weight excluding hydrogens is 229 g/mol. The third-order valence-electron chi connectivity index (χ3n) is 2.65. The number of ether oxygens (including phenoxy) is 1. The fourth-order valence-corrected chi connectivity index (χ4v) is 1.57. The van der Waals surface area contributed by atoms with Gasteiger partial charge >= 0.3 is 0 Å². The molecule has 3 heteroatoms. The van der Waals surface area contributed by atoms with Crippen molar-refractivity contribution in [1.82, 2.24) is 0 Å². The zero-order valence-corrected chi connectivity index (χ0v) is 10.1. The van der Waals surface area contributed by atoms with Gasteiger partial charge in [0.05, 0.1) is 0 Å². The van der Waals surface area contributed by atoms with Gasteiger partial charge in [-0.2, -0.15) is 0 Å². The van der Waals surface area contributed by atoms with E-state index in [0.717, 1.165) is 11.8 Å². The molecule has 0 aliphatic carbocycles. The lowest BCUT2D eigenvalue weighted by molar-refractivity contribution is 0.304. The van der Waals surface area contributed by atoms with Crippen LogP contribution in [0.5, 0.6) is 5.75 Å². The minimum absolute atomic E-state index is 0.262. The zero-order valence-electron chi connectivity index (χ0n) is 10.1. The average Bonchev–Trinajstić information content (AvgIpc) is 2.38. The van der Waals surface area contributed by atoms with E-state index in [9.17, 15) is 4.39 Å². The summed E-state index contributed by atoms with van der Waals surface area (Å²) in [6.07, 6.45) is 0.985. The molecule has 0 heterocycles. The molecule has 0 aromatic heterocycles. The Balaban J connectivity index is 2.04. The van der Waals surface area contributed by atoms with Gasteiger partial charge < -0.3 is 10.1 Å². The number of hydrogen-bond acceptors (Lipinski definition) is 2. The molecule has 2 aromatic carbocycles. The van der Waals surface area contributed by atoms with Crippen molar-refractivity contribution >= 4 is 6.21 Å². The molecule has 0 saturated carbocycles. The van der Waals surface area contributed by atoms with Crippen molar-refractivity contribution in [1.29, 1.82) is 5.41 Å². The Morgan fingerprint density at radius 3 is 2.50 bits per heavy atom. The summed E-state index contributed by atoms with van der Waals surface area (Å²) in [5.41, 5.74) is 2.50. The first kappa shape index (κ1) is 12.3. The lowest BCUT2D eigenvalue weighted by atomic mass is 10.2. The van der Waals surface area contributed by atoms with Crippen molar-refractivity contribution in [2.75, 3.05) is 0 Å². The van der Waals surface area contributed by atoms with E-state index in [-0.39, 0.29) is 5.56 Å². The van der Waals surface area contributed by atoms with Crippen molar-refractivity contribution in [2.45, 2.75) is 13.5 Å². The van der Waals surface area contributed by atoms with E-state index in [1.807, 2.05) is 31.2 Å². The molecule has 2 nitrogen and oxygen atoms in total. The number of aryl methyl sites for hydroxylation is 1. The molecule has 0 radical (unpaired) electrons. The summed E-state index contributed by atoms with van der Waals surface area (Å²) in [6, 6.07) is 12.5. The Kier molecular flexibility index (Phi) is 3.72. The zero-order chi connectivity index (χ0) is 13.0. The van der Waals surface area contributed by atoms with Crippen LogP contribution >= 0.6 is 0 Å².